The molecule has 0 bridgehead atoms. The second-order valence-electron chi connectivity index (χ2n) is 6.25. The fourth-order valence-corrected chi connectivity index (χ4v) is 4.50. The van der Waals surface area contributed by atoms with E-state index in [4.69, 9.17) is 0 Å². The lowest BCUT2D eigenvalue weighted by Gasteiger charge is -2.31. The van der Waals surface area contributed by atoms with Crippen molar-refractivity contribution < 1.29 is 0 Å². The van der Waals surface area contributed by atoms with Gasteiger partial charge in [0.25, 0.3) is 0 Å². The van der Waals surface area contributed by atoms with Crippen LogP contribution in [-0.4, -0.2) is 19.6 Å². The molecule has 2 nitrogen and oxygen atoms in total. The van der Waals surface area contributed by atoms with Gasteiger partial charge < -0.3 is 10.2 Å². The molecular weight excluding hydrogens is 312 g/mol. The molecule has 1 heterocycles. The summed E-state index contributed by atoms with van der Waals surface area (Å²) in [6.45, 7) is 2.16. The first kappa shape index (κ1) is 14.4. The van der Waals surface area contributed by atoms with Gasteiger partial charge in [-0.05, 0) is 56.3 Å². The Hall–Kier alpha value is -0.540. The molecule has 2 fully saturated rings. The summed E-state index contributed by atoms with van der Waals surface area (Å²) >= 11 is 3.73. The van der Waals surface area contributed by atoms with Gasteiger partial charge in [0.2, 0.25) is 0 Å². The summed E-state index contributed by atoms with van der Waals surface area (Å²) in [5, 5.41) is 3.22. The summed E-state index contributed by atoms with van der Waals surface area (Å²) < 4.78 is 1.24. The van der Waals surface area contributed by atoms with Gasteiger partial charge in [-0.1, -0.05) is 34.8 Å². The zero-order valence-electron chi connectivity index (χ0n) is 12.4. The SMILES string of the molecule is CNCc1ccc(N2CCCC2C2CCCC2)cc1Br. The van der Waals surface area contributed by atoms with Crippen molar-refractivity contribution in [2.75, 3.05) is 18.5 Å². The Morgan fingerprint density at radius 3 is 2.70 bits per heavy atom. The van der Waals surface area contributed by atoms with Crippen molar-refractivity contribution in [2.45, 2.75) is 51.1 Å². The molecule has 1 saturated heterocycles. The number of hydrogen-bond acceptors (Lipinski definition) is 2. The molecule has 1 aliphatic carbocycles. The third-order valence-electron chi connectivity index (χ3n) is 4.98. The van der Waals surface area contributed by atoms with E-state index in [2.05, 4.69) is 44.3 Å². The van der Waals surface area contributed by atoms with Crippen molar-refractivity contribution in [1.29, 1.82) is 0 Å². The average molecular weight is 337 g/mol. The normalized spacial score (nSPS) is 23.7. The Balaban J connectivity index is 1.78. The Bertz CT molecular complexity index is 454. The summed E-state index contributed by atoms with van der Waals surface area (Å²) in [4.78, 5) is 2.67. The first-order chi connectivity index (χ1) is 9.79. The lowest BCUT2D eigenvalue weighted by Crippen LogP contribution is -2.34. The number of benzene rings is 1. The third kappa shape index (κ3) is 2.89. The average Bonchev–Trinajstić information content (AvgIpc) is 3.11. The van der Waals surface area contributed by atoms with Gasteiger partial charge in [0.1, 0.15) is 0 Å². The van der Waals surface area contributed by atoms with Crippen LogP contribution in [0.5, 0.6) is 0 Å². The van der Waals surface area contributed by atoms with E-state index in [1.807, 2.05) is 7.05 Å². The second-order valence-corrected chi connectivity index (χ2v) is 7.11. The molecule has 0 aromatic heterocycles. The van der Waals surface area contributed by atoms with E-state index in [1.165, 1.54) is 60.8 Å². The van der Waals surface area contributed by atoms with Crippen molar-refractivity contribution in [1.82, 2.24) is 5.32 Å². The second kappa shape index (κ2) is 6.48. The maximum Gasteiger partial charge on any atom is 0.0380 e. The number of nitrogens with zero attached hydrogens (tertiary/aromatic N) is 1. The zero-order chi connectivity index (χ0) is 13.9. The Morgan fingerprint density at radius 1 is 1.20 bits per heavy atom. The minimum atomic E-state index is 0.791. The lowest BCUT2D eigenvalue weighted by molar-refractivity contribution is 0.431. The van der Waals surface area contributed by atoms with Crippen LogP contribution in [-0.2, 0) is 6.54 Å². The van der Waals surface area contributed by atoms with E-state index < -0.39 is 0 Å². The van der Waals surface area contributed by atoms with Gasteiger partial charge in [-0.15, -0.1) is 0 Å². The fraction of sp³-hybridized carbons (Fsp3) is 0.647. The molecule has 0 radical (unpaired) electrons. The predicted octanol–water partition coefficient (Wildman–Crippen LogP) is 4.33. The van der Waals surface area contributed by atoms with E-state index in [9.17, 15) is 0 Å². The van der Waals surface area contributed by atoms with Crippen molar-refractivity contribution in [2.24, 2.45) is 5.92 Å². The maximum atomic E-state index is 3.73. The number of halogens is 1. The number of nitrogens with one attached hydrogen (secondary N) is 1. The molecule has 20 heavy (non-hydrogen) atoms. The summed E-state index contributed by atoms with van der Waals surface area (Å²) in [6.07, 6.45) is 8.53. The Morgan fingerprint density at radius 2 is 2.00 bits per heavy atom. The molecule has 1 aromatic rings. The molecule has 1 aromatic carbocycles. The van der Waals surface area contributed by atoms with Crippen LogP contribution < -0.4 is 10.2 Å². The summed E-state index contributed by atoms with van der Waals surface area (Å²) in [5.41, 5.74) is 2.75. The molecular formula is C17H25BrN2. The van der Waals surface area contributed by atoms with Crippen LogP contribution in [0.15, 0.2) is 22.7 Å². The molecule has 1 saturated carbocycles. The van der Waals surface area contributed by atoms with Crippen molar-refractivity contribution in [3.05, 3.63) is 28.2 Å². The molecule has 1 aliphatic heterocycles. The van der Waals surface area contributed by atoms with Crippen LogP contribution in [0.4, 0.5) is 5.69 Å². The highest BCUT2D eigenvalue weighted by molar-refractivity contribution is 9.10. The molecule has 3 rings (SSSR count). The lowest BCUT2D eigenvalue weighted by atomic mass is 9.95. The maximum absolute atomic E-state index is 3.73. The minimum Gasteiger partial charge on any atom is -0.368 e. The van der Waals surface area contributed by atoms with E-state index in [0.29, 0.717) is 0 Å². The zero-order valence-corrected chi connectivity index (χ0v) is 14.0. The highest BCUT2D eigenvalue weighted by Gasteiger charge is 2.33. The summed E-state index contributed by atoms with van der Waals surface area (Å²) in [7, 11) is 2.00. The smallest absolute Gasteiger partial charge is 0.0380 e. The van der Waals surface area contributed by atoms with E-state index in [0.717, 1.165) is 18.5 Å². The van der Waals surface area contributed by atoms with Crippen LogP contribution >= 0.6 is 15.9 Å². The Kier molecular flexibility index (Phi) is 4.67. The molecule has 0 amide bonds. The van der Waals surface area contributed by atoms with E-state index in [1.54, 1.807) is 0 Å². The van der Waals surface area contributed by atoms with Crippen LogP contribution in [0.2, 0.25) is 0 Å². The quantitative estimate of drug-likeness (QED) is 0.880. The van der Waals surface area contributed by atoms with E-state index >= 15 is 0 Å². The minimum absolute atomic E-state index is 0.791. The molecule has 1 atom stereocenters. The molecule has 1 N–H and O–H groups in total. The first-order valence-electron chi connectivity index (χ1n) is 7.99. The third-order valence-corrected chi connectivity index (χ3v) is 5.72. The summed E-state index contributed by atoms with van der Waals surface area (Å²) in [6, 6.07) is 7.68. The van der Waals surface area contributed by atoms with Gasteiger partial charge in [-0.25, -0.2) is 0 Å². The largest absolute Gasteiger partial charge is 0.368 e. The van der Waals surface area contributed by atoms with Gasteiger partial charge in [0, 0.05) is 29.3 Å². The topological polar surface area (TPSA) is 15.3 Å². The molecule has 110 valence electrons. The van der Waals surface area contributed by atoms with E-state index in [-0.39, 0.29) is 0 Å². The molecule has 2 aliphatic rings. The van der Waals surface area contributed by atoms with Crippen LogP contribution in [0.1, 0.15) is 44.1 Å². The van der Waals surface area contributed by atoms with Crippen molar-refractivity contribution in [3.8, 4) is 0 Å². The highest BCUT2D eigenvalue weighted by Crippen LogP contribution is 2.38. The highest BCUT2D eigenvalue weighted by atomic mass is 79.9. The van der Waals surface area contributed by atoms with Gasteiger partial charge in [-0.3, -0.25) is 0 Å². The predicted molar refractivity (Wildman–Crippen MR) is 89.2 cm³/mol. The van der Waals surface area contributed by atoms with Crippen LogP contribution in [0, 0.1) is 5.92 Å². The first-order valence-corrected chi connectivity index (χ1v) is 8.78. The van der Waals surface area contributed by atoms with Crippen molar-refractivity contribution in [3.63, 3.8) is 0 Å². The number of rotatable bonds is 4. The van der Waals surface area contributed by atoms with Gasteiger partial charge in [0.05, 0.1) is 0 Å². The van der Waals surface area contributed by atoms with Gasteiger partial charge >= 0.3 is 0 Å². The number of hydrogen-bond donors (Lipinski definition) is 1. The van der Waals surface area contributed by atoms with Crippen molar-refractivity contribution >= 4 is 21.6 Å². The molecule has 3 heteroatoms. The van der Waals surface area contributed by atoms with Crippen LogP contribution in [0.25, 0.3) is 0 Å². The molecule has 1 unspecified atom stereocenters. The van der Waals surface area contributed by atoms with Gasteiger partial charge in [-0.2, -0.15) is 0 Å². The standard InChI is InChI=1S/C17H25BrN2/c1-19-12-14-8-9-15(11-16(14)18)20-10-4-7-17(20)13-5-2-3-6-13/h8-9,11,13,17,19H,2-7,10,12H2,1H3. The van der Waals surface area contributed by atoms with Gasteiger partial charge in [0.15, 0.2) is 0 Å². The molecule has 0 spiro atoms. The number of anilines is 1. The monoisotopic (exact) mass is 336 g/mol. The fourth-order valence-electron chi connectivity index (χ4n) is 3.99. The van der Waals surface area contributed by atoms with Crippen LogP contribution in [0.3, 0.4) is 0 Å². The Labute approximate surface area is 131 Å². The summed E-state index contributed by atoms with van der Waals surface area (Å²) in [5.74, 6) is 0.938.